The number of carboxylic acids is 1. The van der Waals surface area contributed by atoms with Gasteiger partial charge in [0.05, 0.1) is 35.5 Å². The summed E-state index contributed by atoms with van der Waals surface area (Å²) in [6.07, 6.45) is 1.68. The average molecular weight is 868 g/mol. The van der Waals surface area contributed by atoms with Gasteiger partial charge in [-0.25, -0.2) is 22.6 Å². The zero-order chi connectivity index (χ0) is 42.9. The van der Waals surface area contributed by atoms with E-state index in [1.165, 1.54) is 12.1 Å². The summed E-state index contributed by atoms with van der Waals surface area (Å²) in [5, 5.41) is 15.1. The molecular formula is C43H43N6O8S3+. The van der Waals surface area contributed by atoms with Crippen LogP contribution in [-0.4, -0.2) is 81.5 Å². The number of aromatic carboxylic acids is 1. The molecule has 60 heavy (non-hydrogen) atoms. The second kappa shape index (κ2) is 17.2. The highest BCUT2D eigenvalue weighted by molar-refractivity contribution is 7.93. The van der Waals surface area contributed by atoms with Crippen molar-refractivity contribution in [1.82, 2.24) is 18.6 Å². The van der Waals surface area contributed by atoms with Gasteiger partial charge in [0.25, 0.3) is 15.9 Å². The number of rotatable bonds is 14. The molecule has 17 heteroatoms. The SMILES string of the molecule is Cc1sc(NS(=O)(=O)c2cccc3nsnc23)c(C(=O)OCCCCCNC(=O)c2ccc(-c3c4ccc(=[N+](C)C)cc-4oc4cc(N(C)C)ccc34)c(C(=O)O)c2)c1C. The molecule has 2 aliphatic rings. The van der Waals surface area contributed by atoms with Crippen molar-refractivity contribution in [2.24, 2.45) is 0 Å². The molecule has 7 rings (SSSR count). The van der Waals surface area contributed by atoms with Crippen LogP contribution in [0.4, 0.5) is 10.7 Å². The molecule has 0 saturated heterocycles. The lowest BCUT2D eigenvalue weighted by atomic mass is 9.89. The van der Waals surface area contributed by atoms with Gasteiger partial charge < -0.3 is 24.5 Å². The van der Waals surface area contributed by atoms with Crippen molar-refractivity contribution < 1.29 is 37.1 Å². The van der Waals surface area contributed by atoms with Gasteiger partial charge in [0.15, 0.2) is 0 Å². The van der Waals surface area contributed by atoms with Gasteiger partial charge in [0.1, 0.15) is 46.4 Å². The molecule has 0 spiro atoms. The van der Waals surface area contributed by atoms with E-state index < -0.39 is 27.9 Å². The number of amides is 1. The van der Waals surface area contributed by atoms with Crippen LogP contribution in [0.15, 0.2) is 82.1 Å². The number of carboxylic acid groups (broad SMARTS) is 1. The van der Waals surface area contributed by atoms with Gasteiger partial charge in [-0.15, -0.1) is 11.3 Å². The normalized spacial score (nSPS) is 11.6. The first-order chi connectivity index (χ1) is 28.6. The average Bonchev–Trinajstić information content (AvgIpc) is 3.81. The van der Waals surface area contributed by atoms with Crippen LogP contribution < -0.4 is 24.9 Å². The molecule has 1 amide bonds. The molecule has 1 aliphatic heterocycles. The number of carbonyl (C=O) groups excluding carboxylic acids is 2. The highest BCUT2D eigenvalue weighted by atomic mass is 32.2. The number of nitrogens with one attached hydrogen (secondary N) is 2. The Morgan fingerprint density at radius 3 is 2.47 bits per heavy atom. The third-order valence-corrected chi connectivity index (χ3v) is 13.4. The zero-order valence-electron chi connectivity index (χ0n) is 33.8. The summed E-state index contributed by atoms with van der Waals surface area (Å²) in [7, 11) is 3.65. The number of anilines is 2. The molecule has 3 N–H and O–H groups in total. The summed E-state index contributed by atoms with van der Waals surface area (Å²) >= 11 is 2.07. The number of hydrogen-bond donors (Lipinski definition) is 3. The van der Waals surface area contributed by atoms with Crippen LogP contribution in [0.25, 0.3) is 44.5 Å². The van der Waals surface area contributed by atoms with Crippen molar-refractivity contribution in [3.63, 3.8) is 0 Å². The molecule has 310 valence electrons. The lowest BCUT2D eigenvalue weighted by molar-refractivity contribution is 0.0498. The number of ether oxygens (including phenoxy) is 1. The minimum absolute atomic E-state index is 0.0206. The fourth-order valence-corrected chi connectivity index (χ4v) is 9.98. The number of benzene rings is 4. The first-order valence-corrected chi connectivity index (χ1v) is 22.0. The number of unbranched alkanes of at least 4 members (excludes halogenated alkanes) is 2. The van der Waals surface area contributed by atoms with Gasteiger partial charge in [-0.05, 0) is 86.7 Å². The van der Waals surface area contributed by atoms with Gasteiger partial charge in [0.2, 0.25) is 5.36 Å². The Kier molecular flexibility index (Phi) is 12.0. The predicted octanol–water partition coefficient (Wildman–Crippen LogP) is 7.24. The van der Waals surface area contributed by atoms with E-state index in [4.69, 9.17) is 9.15 Å². The first kappa shape index (κ1) is 42.0. The molecular weight excluding hydrogens is 825 g/mol. The quantitative estimate of drug-likeness (QED) is 0.0434. The van der Waals surface area contributed by atoms with Gasteiger partial charge >= 0.3 is 11.9 Å². The van der Waals surface area contributed by atoms with Crippen molar-refractivity contribution in [2.75, 3.05) is 51.0 Å². The van der Waals surface area contributed by atoms with Crippen LogP contribution in [0, 0.1) is 13.8 Å². The number of aromatic nitrogens is 2. The maximum absolute atomic E-state index is 13.4. The van der Waals surface area contributed by atoms with E-state index in [9.17, 15) is 27.9 Å². The Hall–Kier alpha value is -6.17. The third-order valence-electron chi connectivity index (χ3n) is 10.2. The second-order valence-electron chi connectivity index (χ2n) is 14.6. The number of fused-ring (bicyclic) bond motifs is 3. The Morgan fingerprint density at radius 1 is 0.933 bits per heavy atom. The molecule has 5 aromatic rings. The van der Waals surface area contributed by atoms with Crippen molar-refractivity contribution >= 4 is 83.6 Å². The van der Waals surface area contributed by atoms with Gasteiger partial charge in [-0.3, -0.25) is 9.52 Å². The summed E-state index contributed by atoms with van der Waals surface area (Å²) < 4.78 is 51.5. The topological polar surface area (TPSA) is 184 Å². The molecule has 2 aromatic heterocycles. The Balaban J connectivity index is 0.989. The van der Waals surface area contributed by atoms with Crippen LogP contribution in [0.3, 0.4) is 0 Å². The fourth-order valence-electron chi connectivity index (χ4n) is 6.86. The Labute approximate surface area is 354 Å². The molecule has 0 radical (unpaired) electrons. The summed E-state index contributed by atoms with van der Waals surface area (Å²) in [6, 6.07) is 21.0. The maximum atomic E-state index is 13.4. The number of esters is 1. The highest BCUT2D eigenvalue weighted by Crippen LogP contribution is 2.42. The largest absolute Gasteiger partial charge is 0.478 e. The first-order valence-electron chi connectivity index (χ1n) is 19.0. The van der Waals surface area contributed by atoms with E-state index in [0.29, 0.717) is 59.4 Å². The van der Waals surface area contributed by atoms with E-state index in [1.807, 2.05) is 74.1 Å². The van der Waals surface area contributed by atoms with E-state index in [2.05, 4.69) is 18.8 Å². The molecule has 14 nitrogen and oxygen atoms in total. The molecule has 3 heterocycles. The minimum Gasteiger partial charge on any atom is -0.478 e. The van der Waals surface area contributed by atoms with Crippen LogP contribution >= 0.6 is 23.1 Å². The van der Waals surface area contributed by atoms with Crippen molar-refractivity contribution in [3.05, 3.63) is 105 Å². The molecule has 0 atom stereocenters. The van der Waals surface area contributed by atoms with E-state index >= 15 is 0 Å². The number of hydrogen-bond acceptors (Lipinski definition) is 12. The molecule has 1 aliphatic carbocycles. The lowest BCUT2D eigenvalue weighted by Crippen LogP contribution is -2.25. The highest BCUT2D eigenvalue weighted by Gasteiger charge is 2.28. The number of nitrogens with zero attached hydrogens (tertiary/aromatic N) is 4. The predicted molar refractivity (Wildman–Crippen MR) is 235 cm³/mol. The van der Waals surface area contributed by atoms with Crippen LogP contribution in [0.5, 0.6) is 0 Å². The van der Waals surface area contributed by atoms with Crippen LogP contribution in [0.1, 0.15) is 60.8 Å². The van der Waals surface area contributed by atoms with Gasteiger partial charge in [-0.2, -0.15) is 8.75 Å². The summed E-state index contributed by atoms with van der Waals surface area (Å²) in [5.41, 5.74) is 5.08. The van der Waals surface area contributed by atoms with Crippen molar-refractivity contribution in [3.8, 4) is 22.5 Å². The zero-order valence-corrected chi connectivity index (χ0v) is 36.2. The summed E-state index contributed by atoms with van der Waals surface area (Å²) in [4.78, 5) is 42.0. The Bertz CT molecular complexity index is 2960. The van der Waals surface area contributed by atoms with E-state index in [0.717, 1.165) is 49.9 Å². The summed E-state index contributed by atoms with van der Waals surface area (Å²) in [6.45, 7) is 3.94. The summed E-state index contributed by atoms with van der Waals surface area (Å²) in [5.74, 6) is -1.64. The fraction of sp³-hybridized carbons (Fsp3) is 0.256. The second-order valence-corrected chi connectivity index (χ2v) is 18.0. The Morgan fingerprint density at radius 2 is 1.72 bits per heavy atom. The van der Waals surface area contributed by atoms with Crippen LogP contribution in [-0.2, 0) is 14.8 Å². The van der Waals surface area contributed by atoms with Crippen LogP contribution in [0.2, 0.25) is 0 Å². The number of thiophene rings is 1. The molecule has 0 saturated carbocycles. The smallest absolute Gasteiger partial charge is 0.341 e. The van der Waals surface area contributed by atoms with Crippen molar-refractivity contribution in [1.29, 1.82) is 0 Å². The number of sulfonamides is 1. The number of carbonyl (C=O) groups is 3. The molecule has 0 bridgehead atoms. The standard InChI is InChI=1S/C43H42N6O8S3/c1-24-25(2)58-41(47-60(54,55)36-12-10-11-33-39(36)46-59-45-33)37(24)43(53)56-20-9-7-8-19-44-40(50)26-13-16-29(32(21-26)42(51)52)38-30-17-14-27(48(3)4)22-34(30)57-35-23-28(49(5)6)15-18-31(35)38/h10-18,21-23H,7-9,19-20H2,1-6H3,(H2-,44,47,50,51,52,53)/p+1. The molecule has 3 aromatic carbocycles. The maximum Gasteiger partial charge on any atom is 0.341 e. The lowest BCUT2D eigenvalue weighted by Gasteiger charge is -2.19. The van der Waals surface area contributed by atoms with Gasteiger partial charge in [-0.1, -0.05) is 12.1 Å². The third kappa shape index (κ3) is 8.46. The van der Waals surface area contributed by atoms with Crippen molar-refractivity contribution in [2.45, 2.75) is 38.0 Å². The van der Waals surface area contributed by atoms with E-state index in [-0.39, 0.29) is 38.7 Å². The molecule has 0 fully saturated rings. The minimum atomic E-state index is -4.09. The molecule has 0 unspecified atom stereocenters. The number of aryl methyl sites for hydroxylation is 1. The van der Waals surface area contributed by atoms with Gasteiger partial charge in [0, 0.05) is 65.4 Å². The van der Waals surface area contributed by atoms with E-state index in [1.54, 1.807) is 38.1 Å². The monoisotopic (exact) mass is 867 g/mol.